The number of aromatic hydroxyl groups is 1. The number of hydrogen-bond donors (Lipinski definition) is 2. The highest BCUT2D eigenvalue weighted by Gasteiger charge is 2.20. The van der Waals surface area contributed by atoms with Gasteiger partial charge >= 0.3 is 0 Å². The van der Waals surface area contributed by atoms with Crippen molar-refractivity contribution in [2.75, 3.05) is 0 Å². The maximum Gasteiger partial charge on any atom is 0.213 e. The van der Waals surface area contributed by atoms with Crippen LogP contribution in [0.15, 0.2) is 18.2 Å². The molecule has 1 heterocycles. The molecule has 18 heavy (non-hydrogen) atoms. The van der Waals surface area contributed by atoms with Crippen molar-refractivity contribution < 1.29 is 18.7 Å². The molecular weight excluding hydrogens is 287 g/mol. The molecule has 2 N–H and O–H groups in total. The second-order valence-corrected chi connectivity index (χ2v) is 4.24. The Balaban J connectivity index is 2.52. The van der Waals surface area contributed by atoms with Crippen LogP contribution in [-0.4, -0.2) is 15.9 Å². The maximum absolute atomic E-state index is 13.1. The summed E-state index contributed by atoms with van der Waals surface area (Å²) in [5, 5.41) is 9.51. The normalized spacial score (nSPS) is 10.7. The van der Waals surface area contributed by atoms with Crippen LogP contribution in [0.25, 0.3) is 0 Å². The molecule has 1 aromatic carbocycles. The van der Waals surface area contributed by atoms with Gasteiger partial charge in [-0.05, 0) is 12.1 Å². The zero-order valence-corrected chi connectivity index (χ0v) is 10.1. The van der Waals surface area contributed by atoms with Crippen molar-refractivity contribution >= 4 is 29.0 Å². The minimum absolute atomic E-state index is 0.0244. The number of aromatic amines is 1. The van der Waals surface area contributed by atoms with Crippen LogP contribution in [0.2, 0.25) is 10.2 Å². The molecule has 0 atom stereocenters. The standard InChI is InChI=1S/C11H5Cl2F2NO2/c12-6-3-8(16-11(6)13)10(18)5-1-4(14)2-7(15)9(5)17/h1-3,16-17H. The van der Waals surface area contributed by atoms with Gasteiger partial charge < -0.3 is 10.1 Å². The van der Waals surface area contributed by atoms with Crippen LogP contribution < -0.4 is 0 Å². The van der Waals surface area contributed by atoms with E-state index >= 15 is 0 Å². The third kappa shape index (κ3) is 2.19. The summed E-state index contributed by atoms with van der Waals surface area (Å²) in [6, 6.07) is 2.40. The fourth-order valence-corrected chi connectivity index (χ4v) is 1.72. The molecule has 0 saturated heterocycles. The van der Waals surface area contributed by atoms with Gasteiger partial charge in [0.1, 0.15) is 11.0 Å². The Kier molecular flexibility index (Phi) is 3.28. The summed E-state index contributed by atoms with van der Waals surface area (Å²) in [6.07, 6.45) is 0. The van der Waals surface area contributed by atoms with Gasteiger partial charge in [-0.3, -0.25) is 4.79 Å². The van der Waals surface area contributed by atoms with Crippen LogP contribution in [0.5, 0.6) is 5.75 Å². The van der Waals surface area contributed by atoms with Crippen molar-refractivity contribution in [1.29, 1.82) is 0 Å². The number of benzene rings is 1. The summed E-state index contributed by atoms with van der Waals surface area (Å²) in [6.45, 7) is 0. The number of phenolic OH excluding ortho intramolecular Hbond substituents is 1. The van der Waals surface area contributed by atoms with Crippen molar-refractivity contribution in [3.63, 3.8) is 0 Å². The zero-order valence-electron chi connectivity index (χ0n) is 8.60. The fourth-order valence-electron chi connectivity index (χ4n) is 1.41. The van der Waals surface area contributed by atoms with Gasteiger partial charge in [0.05, 0.1) is 16.3 Å². The van der Waals surface area contributed by atoms with Crippen molar-refractivity contribution in [2.24, 2.45) is 0 Å². The molecule has 0 spiro atoms. The number of phenols is 1. The van der Waals surface area contributed by atoms with Crippen molar-refractivity contribution in [3.05, 3.63) is 51.3 Å². The third-order valence-electron chi connectivity index (χ3n) is 2.24. The van der Waals surface area contributed by atoms with Crippen LogP contribution in [-0.2, 0) is 0 Å². The van der Waals surface area contributed by atoms with E-state index in [1.165, 1.54) is 6.07 Å². The molecule has 94 valence electrons. The smallest absolute Gasteiger partial charge is 0.213 e. The Hall–Kier alpha value is -1.59. The molecule has 1 aromatic heterocycles. The third-order valence-corrected chi connectivity index (χ3v) is 2.94. The van der Waals surface area contributed by atoms with E-state index in [1.54, 1.807) is 0 Å². The Morgan fingerprint density at radius 3 is 2.44 bits per heavy atom. The largest absolute Gasteiger partial charge is 0.504 e. The van der Waals surface area contributed by atoms with E-state index in [-0.39, 0.29) is 15.9 Å². The summed E-state index contributed by atoms with van der Waals surface area (Å²) in [7, 11) is 0. The summed E-state index contributed by atoms with van der Waals surface area (Å²) in [4.78, 5) is 14.3. The average Bonchev–Trinajstić information content (AvgIpc) is 2.63. The van der Waals surface area contributed by atoms with Crippen molar-refractivity contribution in [2.45, 2.75) is 0 Å². The van der Waals surface area contributed by atoms with Gasteiger partial charge in [0.2, 0.25) is 5.78 Å². The summed E-state index contributed by atoms with van der Waals surface area (Å²) in [5.74, 6) is -3.94. The van der Waals surface area contributed by atoms with Crippen LogP contribution in [0.4, 0.5) is 8.78 Å². The molecule has 0 aliphatic heterocycles. The van der Waals surface area contributed by atoms with E-state index in [2.05, 4.69) is 4.98 Å². The van der Waals surface area contributed by atoms with Gasteiger partial charge in [-0.2, -0.15) is 0 Å². The predicted molar refractivity (Wildman–Crippen MR) is 62.3 cm³/mol. The molecule has 3 nitrogen and oxygen atoms in total. The van der Waals surface area contributed by atoms with E-state index in [0.29, 0.717) is 6.07 Å². The highest BCUT2D eigenvalue weighted by Crippen LogP contribution is 2.28. The van der Waals surface area contributed by atoms with Gasteiger partial charge in [0.15, 0.2) is 11.6 Å². The minimum Gasteiger partial charge on any atom is -0.504 e. The second-order valence-electron chi connectivity index (χ2n) is 3.46. The Morgan fingerprint density at radius 1 is 1.22 bits per heavy atom. The van der Waals surface area contributed by atoms with Crippen LogP contribution in [0, 0.1) is 11.6 Å². The Morgan fingerprint density at radius 2 is 1.89 bits per heavy atom. The van der Waals surface area contributed by atoms with E-state index in [1.807, 2.05) is 0 Å². The summed E-state index contributed by atoms with van der Waals surface area (Å²) >= 11 is 11.3. The number of halogens is 4. The first-order valence-electron chi connectivity index (χ1n) is 4.67. The molecule has 2 rings (SSSR count). The molecule has 0 saturated carbocycles. The average molecular weight is 292 g/mol. The molecule has 0 amide bonds. The lowest BCUT2D eigenvalue weighted by atomic mass is 10.1. The Labute approximate surface area is 110 Å². The number of aromatic nitrogens is 1. The van der Waals surface area contributed by atoms with Gasteiger partial charge in [0.25, 0.3) is 0 Å². The monoisotopic (exact) mass is 291 g/mol. The van der Waals surface area contributed by atoms with E-state index in [9.17, 15) is 18.7 Å². The quantitative estimate of drug-likeness (QED) is 0.832. The highest BCUT2D eigenvalue weighted by atomic mass is 35.5. The number of ketones is 1. The molecule has 7 heteroatoms. The molecule has 0 radical (unpaired) electrons. The van der Waals surface area contributed by atoms with E-state index in [0.717, 1.165) is 6.07 Å². The van der Waals surface area contributed by atoms with Gasteiger partial charge in [0, 0.05) is 6.07 Å². The summed E-state index contributed by atoms with van der Waals surface area (Å²) in [5.41, 5.74) is -0.590. The lowest BCUT2D eigenvalue weighted by Crippen LogP contribution is -2.04. The fraction of sp³-hybridized carbons (Fsp3) is 0. The number of hydrogen-bond acceptors (Lipinski definition) is 2. The lowest BCUT2D eigenvalue weighted by Gasteiger charge is -2.03. The second kappa shape index (κ2) is 4.59. The van der Waals surface area contributed by atoms with Crippen LogP contribution >= 0.6 is 23.2 Å². The number of carbonyl (C=O) groups is 1. The first-order valence-corrected chi connectivity index (χ1v) is 5.42. The van der Waals surface area contributed by atoms with Crippen LogP contribution in [0.1, 0.15) is 16.1 Å². The highest BCUT2D eigenvalue weighted by molar-refractivity contribution is 6.41. The van der Waals surface area contributed by atoms with Gasteiger partial charge in [-0.1, -0.05) is 23.2 Å². The number of carbonyl (C=O) groups excluding carboxylic acids is 1. The first kappa shape index (κ1) is 12.9. The molecule has 0 aliphatic rings. The number of H-pyrrole nitrogens is 1. The SMILES string of the molecule is O=C(c1cc(Cl)c(Cl)[nH]1)c1cc(F)cc(F)c1O. The van der Waals surface area contributed by atoms with E-state index in [4.69, 9.17) is 23.2 Å². The number of rotatable bonds is 2. The molecule has 0 fully saturated rings. The zero-order chi connectivity index (χ0) is 13.4. The van der Waals surface area contributed by atoms with Crippen molar-refractivity contribution in [3.8, 4) is 5.75 Å². The van der Waals surface area contributed by atoms with E-state index < -0.39 is 28.7 Å². The van der Waals surface area contributed by atoms with Gasteiger partial charge in [-0.25, -0.2) is 8.78 Å². The lowest BCUT2D eigenvalue weighted by molar-refractivity contribution is 0.103. The molecular formula is C11H5Cl2F2NO2. The number of nitrogens with one attached hydrogen (secondary N) is 1. The predicted octanol–water partition coefficient (Wildman–Crippen LogP) is 3.54. The topological polar surface area (TPSA) is 53.1 Å². The van der Waals surface area contributed by atoms with Crippen molar-refractivity contribution in [1.82, 2.24) is 4.98 Å². The summed E-state index contributed by atoms with van der Waals surface area (Å²) < 4.78 is 26.1. The van der Waals surface area contributed by atoms with Crippen LogP contribution in [0.3, 0.4) is 0 Å². The molecule has 0 unspecified atom stereocenters. The molecule has 0 bridgehead atoms. The first-order chi connectivity index (χ1) is 8.40. The maximum atomic E-state index is 13.1. The van der Waals surface area contributed by atoms with Gasteiger partial charge in [-0.15, -0.1) is 0 Å². The molecule has 2 aromatic rings. The minimum atomic E-state index is -1.22. The Bertz CT molecular complexity index is 621. The molecule has 0 aliphatic carbocycles.